The van der Waals surface area contributed by atoms with Gasteiger partial charge in [0.1, 0.15) is 0 Å². The Balaban J connectivity index is 2.39. The molecule has 8 heteroatoms. The number of hydrogen-bond acceptors (Lipinski definition) is 5. The highest BCUT2D eigenvalue weighted by Gasteiger charge is 2.28. The van der Waals surface area contributed by atoms with Gasteiger partial charge in [0.05, 0.1) is 15.9 Å². The number of benzene rings is 1. The first-order valence-electron chi connectivity index (χ1n) is 5.64. The van der Waals surface area contributed by atoms with E-state index >= 15 is 0 Å². The molecule has 1 aliphatic heterocycles. The van der Waals surface area contributed by atoms with Crippen LogP contribution >= 0.6 is 0 Å². The van der Waals surface area contributed by atoms with Crippen molar-refractivity contribution in [1.82, 2.24) is 0 Å². The second kappa shape index (κ2) is 5.23. The van der Waals surface area contributed by atoms with Gasteiger partial charge < -0.3 is 4.43 Å². The minimum absolute atomic E-state index is 0.178. The van der Waals surface area contributed by atoms with Crippen LogP contribution in [0.2, 0.25) is 6.04 Å². The fourth-order valence-electron chi connectivity index (χ4n) is 2.06. The summed E-state index contributed by atoms with van der Waals surface area (Å²) in [6, 6.07) is 4.67. The molecule has 0 radical (unpaired) electrons. The summed E-state index contributed by atoms with van der Waals surface area (Å²) in [4.78, 5) is 20.4. The van der Waals surface area contributed by atoms with Gasteiger partial charge in [-0.15, -0.1) is 0 Å². The summed E-state index contributed by atoms with van der Waals surface area (Å²) >= 11 is 0. The Labute approximate surface area is 104 Å². The SMILES string of the molecule is O=[N+]([O-])c1ccc([SiH]2CCCCO2)c([N+](=O)[O-])c1. The Morgan fingerprint density at radius 3 is 2.50 bits per heavy atom. The molecule has 0 spiro atoms. The largest absolute Gasteiger partial charge is 0.415 e. The number of nitro benzene ring substituents is 2. The maximum Gasteiger partial charge on any atom is 0.277 e. The molecule has 0 amide bonds. The van der Waals surface area contributed by atoms with E-state index < -0.39 is 18.9 Å². The second-order valence-corrected chi connectivity index (χ2v) is 6.62. The van der Waals surface area contributed by atoms with Gasteiger partial charge in [-0.3, -0.25) is 20.2 Å². The zero-order valence-electron chi connectivity index (χ0n) is 9.57. The summed E-state index contributed by atoms with van der Waals surface area (Å²) in [6.07, 6.45) is 1.98. The molecule has 0 N–H and O–H groups in total. The van der Waals surface area contributed by atoms with Gasteiger partial charge in [-0.2, -0.15) is 0 Å². The first kappa shape index (κ1) is 12.6. The van der Waals surface area contributed by atoms with Crippen LogP contribution in [0.15, 0.2) is 18.2 Å². The van der Waals surface area contributed by atoms with Crippen LogP contribution in [0.3, 0.4) is 0 Å². The van der Waals surface area contributed by atoms with Gasteiger partial charge in [0.15, 0.2) is 0 Å². The lowest BCUT2D eigenvalue weighted by Crippen LogP contribution is -2.37. The number of non-ortho nitro benzene ring substituents is 1. The van der Waals surface area contributed by atoms with Gasteiger partial charge in [-0.25, -0.2) is 0 Å². The van der Waals surface area contributed by atoms with E-state index in [1.54, 1.807) is 0 Å². The van der Waals surface area contributed by atoms with Crippen molar-refractivity contribution < 1.29 is 14.3 Å². The first-order valence-corrected chi connectivity index (χ1v) is 7.50. The number of nitro groups is 2. The minimum Gasteiger partial charge on any atom is -0.415 e. The van der Waals surface area contributed by atoms with E-state index in [4.69, 9.17) is 4.43 Å². The van der Waals surface area contributed by atoms with Crippen LogP contribution in [0.5, 0.6) is 0 Å². The van der Waals surface area contributed by atoms with E-state index in [0.717, 1.165) is 25.0 Å². The predicted molar refractivity (Wildman–Crippen MR) is 66.5 cm³/mol. The van der Waals surface area contributed by atoms with E-state index in [0.29, 0.717) is 11.8 Å². The van der Waals surface area contributed by atoms with Crippen LogP contribution in [-0.4, -0.2) is 25.5 Å². The van der Waals surface area contributed by atoms with E-state index in [-0.39, 0.29) is 11.4 Å². The van der Waals surface area contributed by atoms with Crippen molar-refractivity contribution >= 4 is 25.6 Å². The van der Waals surface area contributed by atoms with Crippen LogP contribution in [-0.2, 0) is 4.43 Å². The van der Waals surface area contributed by atoms with Crippen molar-refractivity contribution in [1.29, 1.82) is 0 Å². The van der Waals surface area contributed by atoms with Crippen molar-refractivity contribution in [2.75, 3.05) is 6.61 Å². The molecule has 96 valence electrons. The Kier molecular flexibility index (Phi) is 3.68. The second-order valence-electron chi connectivity index (χ2n) is 4.11. The maximum absolute atomic E-state index is 11.0. The summed E-state index contributed by atoms with van der Waals surface area (Å²) in [6.45, 7) is 0.630. The molecule has 1 atom stereocenters. The third-order valence-electron chi connectivity index (χ3n) is 2.95. The molecule has 1 aliphatic rings. The van der Waals surface area contributed by atoms with E-state index in [1.165, 1.54) is 12.1 Å². The highest BCUT2D eigenvalue weighted by molar-refractivity contribution is 6.68. The standard InChI is InChI=1S/C10H12N2O5Si/c13-11(14)8-3-4-10(9(7-8)12(15)16)18-6-2-1-5-17-18/h3-4,7,18H,1-2,5-6H2. The molecule has 1 fully saturated rings. The van der Waals surface area contributed by atoms with Crippen LogP contribution in [0, 0.1) is 20.2 Å². The zero-order chi connectivity index (χ0) is 13.1. The molecule has 1 heterocycles. The van der Waals surface area contributed by atoms with Crippen LogP contribution in [0.1, 0.15) is 12.8 Å². The third kappa shape index (κ3) is 2.54. The molecular weight excluding hydrogens is 256 g/mol. The van der Waals surface area contributed by atoms with Crippen molar-refractivity contribution in [2.24, 2.45) is 0 Å². The lowest BCUT2D eigenvalue weighted by molar-refractivity contribution is -0.393. The quantitative estimate of drug-likeness (QED) is 0.467. The highest BCUT2D eigenvalue weighted by atomic mass is 28.3. The van der Waals surface area contributed by atoms with Crippen LogP contribution in [0.25, 0.3) is 0 Å². The molecule has 1 saturated heterocycles. The van der Waals surface area contributed by atoms with Crippen molar-refractivity contribution in [3.05, 3.63) is 38.4 Å². The fraction of sp³-hybridized carbons (Fsp3) is 0.400. The van der Waals surface area contributed by atoms with Crippen molar-refractivity contribution in [3.8, 4) is 0 Å². The Hall–Kier alpha value is -1.80. The topological polar surface area (TPSA) is 95.5 Å². The Bertz CT molecular complexity index is 487. The Morgan fingerprint density at radius 2 is 1.94 bits per heavy atom. The minimum atomic E-state index is -1.80. The smallest absolute Gasteiger partial charge is 0.277 e. The molecule has 1 aromatic rings. The van der Waals surface area contributed by atoms with Crippen LogP contribution in [0.4, 0.5) is 11.4 Å². The van der Waals surface area contributed by atoms with Gasteiger partial charge in [-0.1, -0.05) is 6.42 Å². The average molecular weight is 268 g/mol. The number of rotatable bonds is 3. The predicted octanol–water partition coefficient (Wildman–Crippen LogP) is 1.24. The number of hydrogen-bond donors (Lipinski definition) is 0. The lowest BCUT2D eigenvalue weighted by Gasteiger charge is -2.20. The number of nitrogens with zero attached hydrogens (tertiary/aromatic N) is 2. The van der Waals surface area contributed by atoms with Crippen molar-refractivity contribution in [2.45, 2.75) is 18.9 Å². The first-order chi connectivity index (χ1) is 8.59. The van der Waals surface area contributed by atoms with Crippen molar-refractivity contribution in [3.63, 3.8) is 0 Å². The molecule has 0 aromatic heterocycles. The summed E-state index contributed by atoms with van der Waals surface area (Å²) < 4.78 is 5.62. The molecule has 2 rings (SSSR count). The molecule has 0 bridgehead atoms. The fourth-order valence-corrected chi connectivity index (χ4v) is 4.66. The summed E-state index contributed by atoms with van der Waals surface area (Å²) in [7, 11) is -1.80. The lowest BCUT2D eigenvalue weighted by atomic mass is 10.3. The van der Waals surface area contributed by atoms with E-state index in [9.17, 15) is 20.2 Å². The summed E-state index contributed by atoms with van der Waals surface area (Å²) in [5.41, 5.74) is -0.432. The van der Waals surface area contributed by atoms with Gasteiger partial charge >= 0.3 is 0 Å². The summed E-state index contributed by atoms with van der Waals surface area (Å²) in [5.74, 6) is 0. The monoisotopic (exact) mass is 268 g/mol. The average Bonchev–Trinajstić information content (AvgIpc) is 2.39. The van der Waals surface area contributed by atoms with E-state index in [1.807, 2.05) is 0 Å². The van der Waals surface area contributed by atoms with E-state index in [2.05, 4.69) is 0 Å². The Morgan fingerprint density at radius 1 is 1.17 bits per heavy atom. The maximum atomic E-state index is 11.0. The molecule has 1 unspecified atom stereocenters. The zero-order valence-corrected chi connectivity index (χ0v) is 10.7. The van der Waals surface area contributed by atoms with Gasteiger partial charge in [-0.05, 0) is 18.5 Å². The molecule has 0 aliphatic carbocycles. The normalized spacial score (nSPS) is 19.4. The molecule has 0 saturated carbocycles. The molecule has 7 nitrogen and oxygen atoms in total. The molecule has 1 aromatic carbocycles. The summed E-state index contributed by atoms with van der Waals surface area (Å²) in [5, 5.41) is 22.2. The third-order valence-corrected chi connectivity index (χ3v) is 5.70. The molecule has 18 heavy (non-hydrogen) atoms. The highest BCUT2D eigenvalue weighted by Crippen LogP contribution is 2.21. The molecular formula is C10H12N2O5Si. The van der Waals surface area contributed by atoms with Gasteiger partial charge in [0.2, 0.25) is 9.04 Å². The van der Waals surface area contributed by atoms with Gasteiger partial charge in [0.25, 0.3) is 11.4 Å². The van der Waals surface area contributed by atoms with Crippen LogP contribution < -0.4 is 5.19 Å². The van der Waals surface area contributed by atoms with Gasteiger partial charge in [0, 0.05) is 17.9 Å².